The number of nitrogens with zero attached hydrogens (tertiary/aromatic N) is 2. The molecule has 5 fully saturated rings. The zero-order valence-corrected chi connectivity index (χ0v) is 22.2. The largest absolute Gasteiger partial charge is 0.392 e. The van der Waals surface area contributed by atoms with Crippen LogP contribution >= 0.6 is 0 Å². The predicted octanol–water partition coefficient (Wildman–Crippen LogP) is 3.06. The van der Waals surface area contributed by atoms with E-state index >= 15 is 0 Å². The summed E-state index contributed by atoms with van der Waals surface area (Å²) in [5.41, 5.74) is 12.9. The van der Waals surface area contributed by atoms with Gasteiger partial charge in [0.2, 0.25) is 5.91 Å². The number of hydrazine groups is 2. The van der Waals surface area contributed by atoms with E-state index in [2.05, 4.69) is 40.6 Å². The van der Waals surface area contributed by atoms with E-state index in [0.29, 0.717) is 24.4 Å². The Morgan fingerprint density at radius 2 is 1.78 bits per heavy atom. The number of alkyl halides is 3. The van der Waals surface area contributed by atoms with Crippen molar-refractivity contribution < 1.29 is 18.0 Å². The molecule has 3 saturated heterocycles. The number of amides is 1. The Bertz CT molecular complexity index is 788. The summed E-state index contributed by atoms with van der Waals surface area (Å²) >= 11 is 0. The third-order valence-electron chi connectivity index (χ3n) is 10.5. The molecule has 7 nitrogen and oxygen atoms in total. The van der Waals surface area contributed by atoms with Gasteiger partial charge in [0.1, 0.15) is 0 Å². The zero-order valence-electron chi connectivity index (χ0n) is 22.2. The topological polar surface area (TPSA) is 71.7 Å². The summed E-state index contributed by atoms with van der Waals surface area (Å²) in [5, 5.41) is 0. The lowest BCUT2D eigenvalue weighted by molar-refractivity contribution is -0.205. The third-order valence-corrected chi connectivity index (χ3v) is 10.5. The van der Waals surface area contributed by atoms with Crippen LogP contribution in [-0.4, -0.2) is 66.4 Å². The minimum atomic E-state index is -4.26. The summed E-state index contributed by atoms with van der Waals surface area (Å²) in [6.45, 7) is 7.48. The fourth-order valence-corrected chi connectivity index (χ4v) is 8.46. The summed E-state index contributed by atoms with van der Waals surface area (Å²) in [4.78, 5) is 17.9. The van der Waals surface area contributed by atoms with Crippen LogP contribution in [-0.2, 0) is 4.79 Å². The maximum absolute atomic E-state index is 14.3. The van der Waals surface area contributed by atoms with Crippen molar-refractivity contribution in [2.75, 3.05) is 20.3 Å². The van der Waals surface area contributed by atoms with Gasteiger partial charge < -0.3 is 4.90 Å². The maximum atomic E-state index is 14.3. The molecule has 0 aromatic heterocycles. The van der Waals surface area contributed by atoms with Gasteiger partial charge >= 0.3 is 6.18 Å². The first kappa shape index (κ1) is 26.7. The van der Waals surface area contributed by atoms with Gasteiger partial charge in [0, 0.05) is 30.6 Å². The summed E-state index contributed by atoms with van der Waals surface area (Å²) in [6, 6.07) is 0.288. The Hall–Kier alpha value is -0.940. The second kappa shape index (κ2) is 10.3. The number of carbonyl (C=O) groups excluding carboxylic acids is 1. The second-order valence-corrected chi connectivity index (χ2v) is 12.6. The van der Waals surface area contributed by atoms with Gasteiger partial charge in [-0.3, -0.25) is 20.5 Å². The van der Waals surface area contributed by atoms with Crippen molar-refractivity contribution in [2.45, 2.75) is 96.2 Å². The highest BCUT2D eigenvalue weighted by Gasteiger charge is 2.59. The van der Waals surface area contributed by atoms with Gasteiger partial charge in [-0.15, -0.1) is 0 Å². The van der Waals surface area contributed by atoms with Crippen molar-refractivity contribution in [3.8, 4) is 0 Å². The van der Waals surface area contributed by atoms with Gasteiger partial charge in [0.05, 0.1) is 18.8 Å². The molecular weight excluding hydrogens is 469 g/mol. The number of carbonyl (C=O) groups is 1. The van der Waals surface area contributed by atoms with Crippen LogP contribution in [0.15, 0.2) is 0 Å². The van der Waals surface area contributed by atoms with Crippen LogP contribution < -0.4 is 21.7 Å². The van der Waals surface area contributed by atoms with Crippen LogP contribution in [0.25, 0.3) is 0 Å². The van der Waals surface area contributed by atoms with Crippen LogP contribution in [0.3, 0.4) is 0 Å². The highest BCUT2D eigenvalue weighted by Crippen LogP contribution is 2.53. The molecule has 0 bridgehead atoms. The lowest BCUT2D eigenvalue weighted by Gasteiger charge is -2.41. The molecular formula is C26H45F3N6O. The van der Waals surface area contributed by atoms with Crippen LogP contribution in [0.1, 0.15) is 65.7 Å². The Kier molecular flexibility index (Phi) is 7.64. The molecule has 3 aliphatic heterocycles. The molecule has 0 spiro atoms. The van der Waals surface area contributed by atoms with E-state index in [1.165, 1.54) is 0 Å². The van der Waals surface area contributed by atoms with Gasteiger partial charge in [-0.05, 0) is 82.6 Å². The minimum absolute atomic E-state index is 0.00197. The molecule has 206 valence electrons. The molecule has 5 rings (SSSR count). The molecule has 0 aromatic carbocycles. The van der Waals surface area contributed by atoms with Gasteiger partial charge in [0.25, 0.3) is 0 Å². The van der Waals surface area contributed by atoms with Gasteiger partial charge in [-0.25, -0.2) is 10.9 Å². The standard InChI is InChI=1S/C26H45F3N6O/c1-14(8-23-33-30-13-34(23)4)17-6-5-7-19(9-17)35-12-21-20(25(35)36)10-18(11-22(21)26(27,28)29)24-15(2)31-32-16(24)3/h14-24,30-33H,5-13H2,1-4H3/t14-,15?,16?,17?,18?,19?,20?,21?,22?,23?,24?/m1/s1. The molecule has 0 radical (unpaired) electrons. The van der Waals surface area contributed by atoms with Crippen molar-refractivity contribution in [2.24, 2.45) is 41.4 Å². The van der Waals surface area contributed by atoms with Crippen LogP contribution in [0.4, 0.5) is 13.2 Å². The molecule has 10 atom stereocenters. The van der Waals surface area contributed by atoms with Crippen molar-refractivity contribution in [3.63, 3.8) is 0 Å². The molecule has 3 heterocycles. The number of hydrogen-bond donors (Lipinski definition) is 4. The van der Waals surface area contributed by atoms with Gasteiger partial charge in [-0.2, -0.15) is 13.2 Å². The van der Waals surface area contributed by atoms with E-state index in [9.17, 15) is 18.0 Å². The van der Waals surface area contributed by atoms with Crippen molar-refractivity contribution in [1.82, 2.24) is 31.5 Å². The Balaban J connectivity index is 1.29. The highest BCUT2D eigenvalue weighted by molar-refractivity contribution is 5.82. The van der Waals surface area contributed by atoms with Crippen molar-refractivity contribution in [1.29, 1.82) is 0 Å². The number of halogens is 3. The minimum Gasteiger partial charge on any atom is -0.339 e. The fraction of sp³-hybridized carbons (Fsp3) is 0.962. The lowest BCUT2D eigenvalue weighted by Crippen LogP contribution is -2.45. The molecule has 5 aliphatic rings. The monoisotopic (exact) mass is 514 g/mol. The van der Waals surface area contributed by atoms with E-state index in [0.717, 1.165) is 38.8 Å². The average molecular weight is 515 g/mol. The van der Waals surface area contributed by atoms with E-state index in [1.807, 2.05) is 18.7 Å². The first-order valence-electron chi connectivity index (χ1n) is 14.1. The maximum Gasteiger partial charge on any atom is 0.392 e. The average Bonchev–Trinajstić information content (AvgIpc) is 3.50. The Labute approximate surface area is 213 Å². The molecule has 2 saturated carbocycles. The van der Waals surface area contributed by atoms with Gasteiger partial charge in [0.15, 0.2) is 0 Å². The molecule has 1 amide bonds. The number of rotatable bonds is 5. The number of hydrogen-bond acceptors (Lipinski definition) is 6. The van der Waals surface area contributed by atoms with E-state index in [-0.39, 0.29) is 48.8 Å². The molecule has 4 N–H and O–H groups in total. The van der Waals surface area contributed by atoms with Gasteiger partial charge in [-0.1, -0.05) is 19.8 Å². The lowest BCUT2D eigenvalue weighted by atomic mass is 9.63. The van der Waals surface area contributed by atoms with E-state index < -0.39 is 23.9 Å². The zero-order chi connectivity index (χ0) is 25.8. The second-order valence-electron chi connectivity index (χ2n) is 12.6. The summed E-state index contributed by atoms with van der Waals surface area (Å²) < 4.78 is 43.0. The molecule has 0 aromatic rings. The summed E-state index contributed by atoms with van der Waals surface area (Å²) in [6.07, 6.45) is 1.82. The van der Waals surface area contributed by atoms with Crippen LogP contribution in [0.2, 0.25) is 0 Å². The van der Waals surface area contributed by atoms with Crippen molar-refractivity contribution >= 4 is 5.91 Å². The molecule has 9 unspecified atom stereocenters. The number of fused-ring (bicyclic) bond motifs is 1. The van der Waals surface area contributed by atoms with Crippen molar-refractivity contribution in [3.05, 3.63) is 0 Å². The fourth-order valence-electron chi connectivity index (χ4n) is 8.46. The smallest absolute Gasteiger partial charge is 0.339 e. The quantitative estimate of drug-likeness (QED) is 0.452. The van der Waals surface area contributed by atoms with E-state index in [4.69, 9.17) is 0 Å². The first-order chi connectivity index (χ1) is 17.0. The SMILES string of the molecule is CC1NNC(C)C1C1CC2C(=O)N(C3CCCC([C@H](C)CC4NNCN4C)C3)CC2C(C(F)(F)F)C1. The number of likely N-dealkylation sites (tertiary alicyclic amines) is 1. The molecule has 36 heavy (non-hydrogen) atoms. The van der Waals surface area contributed by atoms with E-state index in [1.54, 1.807) is 0 Å². The first-order valence-corrected chi connectivity index (χ1v) is 14.1. The predicted molar refractivity (Wildman–Crippen MR) is 132 cm³/mol. The third kappa shape index (κ3) is 5.05. The number of nitrogens with one attached hydrogen (secondary N) is 4. The summed E-state index contributed by atoms with van der Waals surface area (Å²) in [5.74, 6) is -1.48. The Morgan fingerprint density at radius 3 is 2.42 bits per heavy atom. The van der Waals surface area contributed by atoms with Crippen LogP contribution in [0, 0.1) is 41.4 Å². The Morgan fingerprint density at radius 1 is 1.06 bits per heavy atom. The molecule has 10 heteroatoms. The molecule has 2 aliphatic carbocycles. The van der Waals surface area contributed by atoms with Crippen LogP contribution in [0.5, 0.6) is 0 Å². The normalized spacial score (nSPS) is 45.3. The summed E-state index contributed by atoms with van der Waals surface area (Å²) in [7, 11) is 2.10. The highest BCUT2D eigenvalue weighted by atomic mass is 19.4.